The summed E-state index contributed by atoms with van der Waals surface area (Å²) < 4.78 is 17.7. The molecule has 0 aliphatic carbocycles. The molecule has 4 aromatic rings. The Morgan fingerprint density at radius 2 is 1.58 bits per heavy atom. The van der Waals surface area contributed by atoms with E-state index in [2.05, 4.69) is 84.9 Å². The van der Waals surface area contributed by atoms with E-state index in [4.69, 9.17) is 6.11 Å². The van der Waals surface area contributed by atoms with Gasteiger partial charge in [-0.25, -0.2) is 4.57 Å². The molecule has 2 nitrogen and oxygen atoms in total. The van der Waals surface area contributed by atoms with Gasteiger partial charge in [0, 0.05) is 11.6 Å². The standard InChI is InChI=1S/C31H36NO/c1-19-22-11-9-10-12-23(22)24(18-31(5,6)7)29-26(19)28-27-21(13-14-32(28)8)15-20(16-25(27)33-29)17-30(2,3)4/h9-16H,17-18H2,1-8H3/q+1/i14D. The fraction of sp³-hybridized carbons (Fsp3) is 0.387. The minimum Gasteiger partial charge on any atom is -0.455 e. The Morgan fingerprint density at radius 3 is 2.24 bits per heavy atom. The maximum atomic E-state index is 8.79. The molecule has 0 atom stereocenters. The molecule has 1 aliphatic rings. The summed E-state index contributed by atoms with van der Waals surface area (Å²) in [6.45, 7) is 15.9. The van der Waals surface area contributed by atoms with Gasteiger partial charge < -0.3 is 4.74 Å². The summed E-state index contributed by atoms with van der Waals surface area (Å²) in [5.41, 5.74) is 6.25. The number of ether oxygens (including phenoxy) is 1. The highest BCUT2D eigenvalue weighted by Gasteiger charge is 2.34. The summed E-state index contributed by atoms with van der Waals surface area (Å²) in [6, 6.07) is 15.2. The molecule has 2 heterocycles. The second-order valence-corrected chi connectivity index (χ2v) is 12.2. The van der Waals surface area contributed by atoms with E-state index in [1.165, 1.54) is 27.5 Å². The van der Waals surface area contributed by atoms with Crippen LogP contribution in [0.25, 0.3) is 32.8 Å². The third-order valence-corrected chi connectivity index (χ3v) is 6.60. The summed E-state index contributed by atoms with van der Waals surface area (Å²) in [5, 5.41) is 4.73. The first-order chi connectivity index (χ1) is 15.8. The smallest absolute Gasteiger partial charge is 0.228 e. The van der Waals surface area contributed by atoms with Crippen LogP contribution >= 0.6 is 0 Å². The Labute approximate surface area is 199 Å². The second kappa shape index (κ2) is 7.32. The van der Waals surface area contributed by atoms with E-state index in [1.807, 2.05) is 17.7 Å². The van der Waals surface area contributed by atoms with Crippen LogP contribution in [0.15, 0.2) is 48.6 Å². The van der Waals surface area contributed by atoms with Gasteiger partial charge in [0.2, 0.25) is 5.69 Å². The summed E-state index contributed by atoms with van der Waals surface area (Å²) in [6.07, 6.45) is 2.39. The molecule has 0 radical (unpaired) electrons. The molecule has 33 heavy (non-hydrogen) atoms. The lowest BCUT2D eigenvalue weighted by atomic mass is 9.81. The maximum absolute atomic E-state index is 8.79. The van der Waals surface area contributed by atoms with Crippen LogP contribution in [0, 0.1) is 17.8 Å². The molecule has 0 spiro atoms. The number of pyridine rings is 1. The van der Waals surface area contributed by atoms with Crippen molar-refractivity contribution in [1.82, 2.24) is 0 Å². The lowest BCUT2D eigenvalue weighted by Gasteiger charge is -2.28. The van der Waals surface area contributed by atoms with E-state index in [1.54, 1.807) is 0 Å². The molecule has 0 N–H and O–H groups in total. The van der Waals surface area contributed by atoms with Crippen LogP contribution in [0.4, 0.5) is 0 Å². The van der Waals surface area contributed by atoms with Crippen molar-refractivity contribution in [2.24, 2.45) is 17.9 Å². The van der Waals surface area contributed by atoms with Crippen molar-refractivity contribution in [2.45, 2.75) is 61.3 Å². The largest absolute Gasteiger partial charge is 0.455 e. The molecule has 170 valence electrons. The van der Waals surface area contributed by atoms with Gasteiger partial charge in [0.25, 0.3) is 0 Å². The highest BCUT2D eigenvalue weighted by Crippen LogP contribution is 2.51. The molecular weight excluding hydrogens is 402 g/mol. The van der Waals surface area contributed by atoms with Crippen LogP contribution < -0.4 is 9.30 Å². The molecule has 5 rings (SSSR count). The fourth-order valence-corrected chi connectivity index (χ4v) is 5.41. The molecule has 0 unspecified atom stereocenters. The Hall–Kier alpha value is -2.87. The first-order valence-corrected chi connectivity index (χ1v) is 12.0. The summed E-state index contributed by atoms with van der Waals surface area (Å²) in [7, 11) is 2.01. The molecule has 3 aromatic carbocycles. The van der Waals surface area contributed by atoms with Crippen molar-refractivity contribution < 1.29 is 10.7 Å². The summed E-state index contributed by atoms with van der Waals surface area (Å²) in [4.78, 5) is 0. The van der Waals surface area contributed by atoms with Gasteiger partial charge >= 0.3 is 0 Å². The Kier molecular flexibility index (Phi) is 4.59. The zero-order valence-corrected chi connectivity index (χ0v) is 21.3. The zero-order chi connectivity index (χ0) is 24.6. The van der Waals surface area contributed by atoms with Crippen molar-refractivity contribution in [3.05, 3.63) is 65.3 Å². The number of aryl methyl sites for hydroxylation is 1. The van der Waals surface area contributed by atoms with E-state index in [-0.39, 0.29) is 10.8 Å². The molecule has 0 saturated carbocycles. The van der Waals surface area contributed by atoms with Crippen molar-refractivity contribution in [2.75, 3.05) is 0 Å². The SMILES string of the molecule is [2H]c1cc2cc(CC(C)(C)C)cc3c2c([n+]1C)-c1c(c(CC(C)(C)C)c2ccccc2c1C)O3. The predicted octanol–water partition coefficient (Wildman–Crippen LogP) is 8.08. The lowest BCUT2D eigenvalue weighted by molar-refractivity contribution is -0.659. The van der Waals surface area contributed by atoms with Crippen molar-refractivity contribution in [3.63, 3.8) is 0 Å². The molecule has 0 fully saturated rings. The van der Waals surface area contributed by atoms with Crippen LogP contribution in [0.2, 0.25) is 0 Å². The number of hydrogen-bond donors (Lipinski definition) is 0. The van der Waals surface area contributed by atoms with Gasteiger partial charge in [0.05, 0.1) is 10.9 Å². The monoisotopic (exact) mass is 439 g/mol. The van der Waals surface area contributed by atoms with E-state index in [0.29, 0.717) is 6.17 Å². The van der Waals surface area contributed by atoms with Gasteiger partial charge in [-0.05, 0) is 63.9 Å². The van der Waals surface area contributed by atoms with Gasteiger partial charge in [-0.2, -0.15) is 0 Å². The van der Waals surface area contributed by atoms with Crippen molar-refractivity contribution in [1.29, 1.82) is 0 Å². The van der Waals surface area contributed by atoms with E-state index in [9.17, 15) is 0 Å². The van der Waals surface area contributed by atoms with Crippen LogP contribution in [0.3, 0.4) is 0 Å². The quantitative estimate of drug-likeness (QED) is 0.253. The van der Waals surface area contributed by atoms with Gasteiger partial charge in [0.15, 0.2) is 6.17 Å². The topological polar surface area (TPSA) is 13.1 Å². The first-order valence-electron chi connectivity index (χ1n) is 12.5. The third kappa shape index (κ3) is 3.80. The number of rotatable bonds is 2. The van der Waals surface area contributed by atoms with Gasteiger partial charge in [-0.3, -0.25) is 0 Å². The first kappa shape index (κ1) is 20.7. The van der Waals surface area contributed by atoms with Gasteiger partial charge in [-0.1, -0.05) is 71.9 Å². The molecule has 0 amide bonds. The highest BCUT2D eigenvalue weighted by molar-refractivity contribution is 6.06. The van der Waals surface area contributed by atoms with Crippen molar-refractivity contribution >= 4 is 21.5 Å². The normalized spacial score (nSPS) is 13.8. The predicted molar refractivity (Wildman–Crippen MR) is 139 cm³/mol. The van der Waals surface area contributed by atoms with Gasteiger partial charge in [0.1, 0.15) is 19.9 Å². The number of fused-ring (bicyclic) bond motifs is 3. The van der Waals surface area contributed by atoms with E-state index < -0.39 is 0 Å². The van der Waals surface area contributed by atoms with Crippen LogP contribution in [-0.4, -0.2) is 0 Å². The Morgan fingerprint density at radius 1 is 0.909 bits per heavy atom. The molecule has 0 bridgehead atoms. The lowest BCUT2D eigenvalue weighted by Crippen LogP contribution is -2.32. The van der Waals surface area contributed by atoms with Crippen molar-refractivity contribution in [3.8, 4) is 22.8 Å². The van der Waals surface area contributed by atoms with Gasteiger partial charge in [-0.15, -0.1) is 0 Å². The second-order valence-electron chi connectivity index (χ2n) is 12.2. The Bertz CT molecular complexity index is 1470. The average molecular weight is 440 g/mol. The Balaban J connectivity index is 1.92. The zero-order valence-electron chi connectivity index (χ0n) is 22.3. The fourth-order valence-electron chi connectivity index (χ4n) is 5.41. The number of nitrogens with zero attached hydrogens (tertiary/aromatic N) is 1. The minimum absolute atomic E-state index is 0.109. The minimum atomic E-state index is 0.109. The van der Waals surface area contributed by atoms with E-state index >= 15 is 0 Å². The van der Waals surface area contributed by atoms with E-state index in [0.717, 1.165) is 46.4 Å². The average Bonchev–Trinajstić information content (AvgIpc) is 2.72. The molecule has 2 heteroatoms. The molecule has 1 aliphatic heterocycles. The summed E-state index contributed by atoms with van der Waals surface area (Å²) >= 11 is 0. The highest BCUT2D eigenvalue weighted by atomic mass is 16.5. The van der Waals surface area contributed by atoms with Crippen LogP contribution in [-0.2, 0) is 19.9 Å². The number of aromatic nitrogens is 1. The van der Waals surface area contributed by atoms with Crippen LogP contribution in [0.1, 0.15) is 59.6 Å². The maximum Gasteiger partial charge on any atom is 0.228 e. The third-order valence-electron chi connectivity index (χ3n) is 6.60. The molecule has 0 saturated heterocycles. The molecular formula is C31H36NO+. The number of benzene rings is 3. The van der Waals surface area contributed by atoms with Crippen LogP contribution in [0.5, 0.6) is 11.5 Å². The number of hydrogen-bond acceptors (Lipinski definition) is 1. The summed E-state index contributed by atoms with van der Waals surface area (Å²) in [5.74, 6) is 1.88. The molecule has 1 aromatic heterocycles.